The lowest BCUT2D eigenvalue weighted by Gasteiger charge is -2.31. The van der Waals surface area contributed by atoms with Crippen molar-refractivity contribution in [2.45, 2.75) is 30.7 Å². The van der Waals surface area contributed by atoms with Gasteiger partial charge in [-0.25, -0.2) is 23.4 Å². The summed E-state index contributed by atoms with van der Waals surface area (Å²) in [6.45, 7) is 2.71. The van der Waals surface area contributed by atoms with Crippen LogP contribution >= 0.6 is 11.6 Å². The van der Waals surface area contributed by atoms with Crippen molar-refractivity contribution >= 4 is 38.5 Å². The van der Waals surface area contributed by atoms with E-state index in [1.165, 1.54) is 21.4 Å². The van der Waals surface area contributed by atoms with E-state index in [2.05, 4.69) is 25.4 Å². The number of anilines is 1. The van der Waals surface area contributed by atoms with Crippen LogP contribution in [-0.2, 0) is 17.1 Å². The summed E-state index contributed by atoms with van der Waals surface area (Å²) in [7, 11) is -1.81. The Labute approximate surface area is 167 Å². The molecular weight excluding hydrogens is 402 g/mol. The average Bonchev–Trinajstić information content (AvgIpc) is 3.10. The van der Waals surface area contributed by atoms with E-state index in [0.29, 0.717) is 42.5 Å². The van der Waals surface area contributed by atoms with Gasteiger partial charge in [-0.05, 0) is 25.8 Å². The van der Waals surface area contributed by atoms with Gasteiger partial charge in [-0.2, -0.15) is 9.40 Å². The molecule has 0 aliphatic carbocycles. The highest BCUT2D eigenvalue weighted by molar-refractivity contribution is 7.89. The Kier molecular flexibility index (Phi) is 4.94. The van der Waals surface area contributed by atoms with Crippen LogP contribution in [-0.4, -0.2) is 56.6 Å². The fourth-order valence-corrected chi connectivity index (χ4v) is 5.04. The summed E-state index contributed by atoms with van der Waals surface area (Å²) in [6, 6.07) is 1.96. The molecule has 4 heterocycles. The second-order valence-electron chi connectivity index (χ2n) is 6.86. The van der Waals surface area contributed by atoms with Gasteiger partial charge in [-0.15, -0.1) is 0 Å². The standard InChI is InChI=1S/C17H20ClN7O2S/c1-11-7-12-8-19-17(23-15(12)16(18)21-11)22-13-3-5-25(6-4-13)28(26,27)14-9-20-24(2)10-14/h7-10,13H,3-6H2,1-2H3,(H,19,22,23). The van der Waals surface area contributed by atoms with Crippen LogP contribution in [0.5, 0.6) is 0 Å². The van der Waals surface area contributed by atoms with Gasteiger partial charge in [0.25, 0.3) is 0 Å². The lowest BCUT2D eigenvalue weighted by molar-refractivity contribution is 0.329. The van der Waals surface area contributed by atoms with E-state index in [9.17, 15) is 8.42 Å². The third kappa shape index (κ3) is 3.67. The van der Waals surface area contributed by atoms with Crippen molar-refractivity contribution in [3.63, 3.8) is 0 Å². The zero-order valence-electron chi connectivity index (χ0n) is 15.5. The summed E-state index contributed by atoms with van der Waals surface area (Å²) in [5.74, 6) is 0.466. The molecular formula is C17H20ClN7O2S. The molecule has 1 saturated heterocycles. The second kappa shape index (κ2) is 7.26. The Hall–Kier alpha value is -2.30. The number of halogens is 1. The highest BCUT2D eigenvalue weighted by atomic mass is 35.5. The fraction of sp³-hybridized carbons (Fsp3) is 0.412. The minimum absolute atomic E-state index is 0.0787. The molecule has 148 valence electrons. The molecule has 1 fully saturated rings. The predicted molar refractivity (Wildman–Crippen MR) is 106 cm³/mol. The highest BCUT2D eigenvalue weighted by Gasteiger charge is 2.30. The summed E-state index contributed by atoms with van der Waals surface area (Å²) in [5, 5.41) is 8.42. The molecule has 0 spiro atoms. The molecule has 1 N–H and O–H groups in total. The average molecular weight is 422 g/mol. The van der Waals surface area contributed by atoms with Crippen molar-refractivity contribution < 1.29 is 8.42 Å². The Morgan fingerprint density at radius 2 is 1.96 bits per heavy atom. The van der Waals surface area contributed by atoms with Crippen LogP contribution in [0.15, 0.2) is 29.6 Å². The first-order chi connectivity index (χ1) is 13.3. The van der Waals surface area contributed by atoms with Crippen molar-refractivity contribution in [1.82, 2.24) is 29.0 Å². The largest absolute Gasteiger partial charge is 0.351 e. The predicted octanol–water partition coefficient (Wildman–Crippen LogP) is 1.99. The summed E-state index contributed by atoms with van der Waals surface area (Å²) in [5.41, 5.74) is 1.41. The van der Waals surface area contributed by atoms with Crippen LogP contribution < -0.4 is 5.32 Å². The number of pyridine rings is 1. The number of nitrogens with zero attached hydrogens (tertiary/aromatic N) is 6. The minimum atomic E-state index is -3.51. The number of rotatable bonds is 4. The molecule has 0 radical (unpaired) electrons. The molecule has 0 unspecified atom stereocenters. The summed E-state index contributed by atoms with van der Waals surface area (Å²) < 4.78 is 28.3. The van der Waals surface area contributed by atoms with E-state index in [0.717, 1.165) is 11.1 Å². The first kappa shape index (κ1) is 19.0. The molecule has 1 aliphatic rings. The van der Waals surface area contributed by atoms with E-state index >= 15 is 0 Å². The highest BCUT2D eigenvalue weighted by Crippen LogP contribution is 2.24. The van der Waals surface area contributed by atoms with Crippen molar-refractivity contribution in [2.75, 3.05) is 18.4 Å². The van der Waals surface area contributed by atoms with E-state index in [1.807, 2.05) is 13.0 Å². The number of piperidine rings is 1. The van der Waals surface area contributed by atoms with Crippen LogP contribution in [0.25, 0.3) is 10.9 Å². The van der Waals surface area contributed by atoms with Gasteiger partial charge in [0.1, 0.15) is 10.4 Å². The van der Waals surface area contributed by atoms with Gasteiger partial charge in [0.15, 0.2) is 5.15 Å². The lowest BCUT2D eigenvalue weighted by Crippen LogP contribution is -2.42. The Balaban J connectivity index is 1.44. The normalized spacial score (nSPS) is 16.5. The van der Waals surface area contributed by atoms with E-state index in [-0.39, 0.29) is 10.9 Å². The molecule has 9 nitrogen and oxygen atoms in total. The third-order valence-electron chi connectivity index (χ3n) is 4.76. The Bertz CT molecular complexity index is 1120. The lowest BCUT2D eigenvalue weighted by atomic mass is 10.1. The summed E-state index contributed by atoms with van der Waals surface area (Å²) in [4.78, 5) is 13.3. The molecule has 0 bridgehead atoms. The van der Waals surface area contributed by atoms with Gasteiger partial charge in [0.2, 0.25) is 16.0 Å². The molecule has 28 heavy (non-hydrogen) atoms. The molecule has 4 rings (SSSR count). The van der Waals surface area contributed by atoms with Crippen molar-refractivity contribution in [3.05, 3.63) is 35.5 Å². The minimum Gasteiger partial charge on any atom is -0.351 e. The first-order valence-corrected chi connectivity index (χ1v) is 10.7. The van der Waals surface area contributed by atoms with Gasteiger partial charge < -0.3 is 5.32 Å². The molecule has 3 aromatic rings. The van der Waals surface area contributed by atoms with Crippen LogP contribution in [0.4, 0.5) is 5.95 Å². The fourth-order valence-electron chi connectivity index (χ4n) is 3.30. The molecule has 0 saturated carbocycles. The Morgan fingerprint density at radius 3 is 2.64 bits per heavy atom. The van der Waals surface area contributed by atoms with Gasteiger partial charge in [-0.1, -0.05) is 11.6 Å². The number of nitrogens with one attached hydrogen (secondary N) is 1. The SMILES string of the molecule is Cc1cc2cnc(NC3CCN(S(=O)(=O)c4cnn(C)c4)CC3)nc2c(Cl)n1. The Morgan fingerprint density at radius 1 is 1.21 bits per heavy atom. The molecule has 0 atom stereocenters. The second-order valence-corrected chi connectivity index (χ2v) is 9.15. The van der Waals surface area contributed by atoms with Crippen LogP contribution in [0.3, 0.4) is 0 Å². The molecule has 0 amide bonds. The van der Waals surface area contributed by atoms with E-state index in [4.69, 9.17) is 11.6 Å². The molecule has 3 aromatic heterocycles. The molecule has 11 heteroatoms. The summed E-state index contributed by atoms with van der Waals surface area (Å²) in [6.07, 6.45) is 5.92. The van der Waals surface area contributed by atoms with Crippen molar-refractivity contribution in [1.29, 1.82) is 0 Å². The zero-order chi connectivity index (χ0) is 19.9. The van der Waals surface area contributed by atoms with Crippen LogP contribution in [0.1, 0.15) is 18.5 Å². The number of hydrogen-bond acceptors (Lipinski definition) is 7. The number of fused-ring (bicyclic) bond motifs is 1. The van der Waals surface area contributed by atoms with Crippen molar-refractivity contribution in [2.24, 2.45) is 7.05 Å². The van der Waals surface area contributed by atoms with Gasteiger partial charge >= 0.3 is 0 Å². The monoisotopic (exact) mass is 421 g/mol. The number of aromatic nitrogens is 5. The number of hydrogen-bond donors (Lipinski definition) is 1. The summed E-state index contributed by atoms with van der Waals surface area (Å²) >= 11 is 6.20. The van der Waals surface area contributed by atoms with E-state index in [1.54, 1.807) is 13.2 Å². The van der Waals surface area contributed by atoms with Crippen LogP contribution in [0.2, 0.25) is 5.15 Å². The topological polar surface area (TPSA) is 106 Å². The maximum absolute atomic E-state index is 12.7. The molecule has 1 aliphatic heterocycles. The van der Waals surface area contributed by atoms with Crippen molar-refractivity contribution in [3.8, 4) is 0 Å². The first-order valence-electron chi connectivity index (χ1n) is 8.88. The zero-order valence-corrected chi connectivity index (χ0v) is 17.1. The van der Waals surface area contributed by atoms with Gasteiger partial charge in [0, 0.05) is 49.7 Å². The third-order valence-corrected chi connectivity index (χ3v) is 6.87. The van der Waals surface area contributed by atoms with Gasteiger partial charge in [0.05, 0.1) is 6.20 Å². The van der Waals surface area contributed by atoms with Gasteiger partial charge in [-0.3, -0.25) is 4.68 Å². The van der Waals surface area contributed by atoms with E-state index < -0.39 is 10.0 Å². The quantitative estimate of drug-likeness (QED) is 0.642. The smallest absolute Gasteiger partial charge is 0.246 e. The van der Waals surface area contributed by atoms with Crippen LogP contribution in [0, 0.1) is 6.92 Å². The number of sulfonamides is 1. The molecule has 0 aromatic carbocycles. The number of aryl methyl sites for hydroxylation is 2. The maximum atomic E-state index is 12.7. The maximum Gasteiger partial charge on any atom is 0.246 e.